The van der Waals surface area contributed by atoms with Gasteiger partial charge in [0.05, 0.1) is 11.1 Å². The maximum absolute atomic E-state index is 5.98. The van der Waals surface area contributed by atoms with Crippen molar-refractivity contribution in [2.45, 2.75) is 25.4 Å². The van der Waals surface area contributed by atoms with E-state index in [1.165, 1.54) is 18.4 Å². The highest BCUT2D eigenvalue weighted by atomic mass is 16.5. The molecule has 0 amide bonds. The number of rotatable bonds is 6. The van der Waals surface area contributed by atoms with E-state index in [1.54, 1.807) is 18.6 Å². The van der Waals surface area contributed by atoms with Crippen LogP contribution in [0.2, 0.25) is 0 Å². The number of piperidine rings is 1. The Hall–Kier alpha value is -3.95. The predicted octanol–water partition coefficient (Wildman–Crippen LogP) is 4.80. The van der Waals surface area contributed by atoms with Crippen LogP contribution in [0.15, 0.2) is 67.1 Å². The van der Waals surface area contributed by atoms with Gasteiger partial charge < -0.3 is 15.4 Å². The van der Waals surface area contributed by atoms with Crippen LogP contribution in [-0.4, -0.2) is 28.0 Å². The Bertz CT molecular complexity index is 1280. The first-order valence-corrected chi connectivity index (χ1v) is 11.2. The molecule has 0 saturated carbocycles. The number of fused-ring (bicyclic) bond motifs is 1. The number of pyridine rings is 1. The molecule has 6 nitrogen and oxygen atoms in total. The number of hydrogen-bond acceptors (Lipinski definition) is 6. The molecule has 33 heavy (non-hydrogen) atoms. The number of hydrogen-bond donors (Lipinski definition) is 2. The van der Waals surface area contributed by atoms with Gasteiger partial charge in [-0.15, -0.1) is 6.42 Å². The van der Waals surface area contributed by atoms with Crippen molar-refractivity contribution >= 4 is 22.5 Å². The smallest absolute Gasteiger partial charge is 0.227 e. The molecule has 1 fully saturated rings. The second-order valence-electron chi connectivity index (χ2n) is 8.17. The molecule has 6 heteroatoms. The lowest BCUT2D eigenvalue weighted by Gasteiger charge is -2.23. The molecular formula is C27H25N5O. The van der Waals surface area contributed by atoms with Crippen molar-refractivity contribution in [3.63, 3.8) is 0 Å². The van der Waals surface area contributed by atoms with E-state index in [0.717, 1.165) is 35.2 Å². The lowest BCUT2D eigenvalue weighted by molar-refractivity contribution is 0.305. The van der Waals surface area contributed by atoms with Crippen molar-refractivity contribution in [2.24, 2.45) is 0 Å². The van der Waals surface area contributed by atoms with Crippen molar-refractivity contribution in [3.05, 3.63) is 83.8 Å². The average Bonchev–Trinajstić information content (AvgIpc) is 2.88. The van der Waals surface area contributed by atoms with Gasteiger partial charge in [0.25, 0.3) is 0 Å². The topological polar surface area (TPSA) is 72.0 Å². The van der Waals surface area contributed by atoms with Crippen LogP contribution >= 0.6 is 0 Å². The quantitative estimate of drug-likeness (QED) is 0.424. The minimum absolute atomic E-state index is 0.383. The SMILES string of the molecule is C#Cc1cc2cnc(Nc3ccc(C4CCNCC4)cc3)nc2cc1OCc1cccnc1. The number of ether oxygens (including phenoxy) is 1. The monoisotopic (exact) mass is 435 g/mol. The summed E-state index contributed by atoms with van der Waals surface area (Å²) in [4.78, 5) is 13.3. The second kappa shape index (κ2) is 9.68. The van der Waals surface area contributed by atoms with Crippen LogP contribution in [0.25, 0.3) is 10.9 Å². The molecule has 1 aliphatic heterocycles. The number of aromatic nitrogens is 3. The molecule has 0 atom stereocenters. The summed E-state index contributed by atoms with van der Waals surface area (Å²) < 4.78 is 5.98. The molecule has 0 unspecified atom stereocenters. The number of terminal acetylenes is 1. The van der Waals surface area contributed by atoms with Crippen LogP contribution in [0.1, 0.15) is 35.4 Å². The molecule has 3 heterocycles. The molecule has 2 N–H and O–H groups in total. The third kappa shape index (κ3) is 4.94. The van der Waals surface area contributed by atoms with Gasteiger partial charge in [0.15, 0.2) is 0 Å². The average molecular weight is 436 g/mol. The highest BCUT2D eigenvalue weighted by Crippen LogP contribution is 2.28. The molecule has 0 bridgehead atoms. The van der Waals surface area contributed by atoms with E-state index in [9.17, 15) is 0 Å². The summed E-state index contributed by atoms with van der Waals surface area (Å²) in [6, 6.07) is 16.2. The van der Waals surface area contributed by atoms with Gasteiger partial charge in [-0.1, -0.05) is 24.1 Å². The third-order valence-electron chi connectivity index (χ3n) is 5.93. The fourth-order valence-corrected chi connectivity index (χ4v) is 4.12. The summed E-state index contributed by atoms with van der Waals surface area (Å²) in [6.07, 6.45) is 13.4. The van der Waals surface area contributed by atoms with Crippen molar-refractivity contribution in [2.75, 3.05) is 18.4 Å². The molecule has 4 aromatic rings. The van der Waals surface area contributed by atoms with Gasteiger partial charge >= 0.3 is 0 Å². The van der Waals surface area contributed by atoms with Crippen LogP contribution in [0.4, 0.5) is 11.6 Å². The molecule has 5 rings (SSSR count). The fraction of sp³-hybridized carbons (Fsp3) is 0.222. The summed E-state index contributed by atoms with van der Waals surface area (Å²) in [7, 11) is 0. The lowest BCUT2D eigenvalue weighted by Crippen LogP contribution is -2.26. The van der Waals surface area contributed by atoms with Crippen molar-refractivity contribution in [3.8, 4) is 18.1 Å². The van der Waals surface area contributed by atoms with E-state index >= 15 is 0 Å². The highest BCUT2D eigenvalue weighted by Gasteiger charge is 2.15. The zero-order chi connectivity index (χ0) is 22.5. The van der Waals surface area contributed by atoms with Crippen LogP contribution < -0.4 is 15.4 Å². The van der Waals surface area contributed by atoms with Gasteiger partial charge in [0.2, 0.25) is 5.95 Å². The number of benzene rings is 2. The predicted molar refractivity (Wildman–Crippen MR) is 131 cm³/mol. The zero-order valence-corrected chi connectivity index (χ0v) is 18.3. The first kappa shape index (κ1) is 20.9. The van der Waals surface area contributed by atoms with Gasteiger partial charge in [-0.25, -0.2) is 9.97 Å². The molecule has 1 saturated heterocycles. The molecule has 1 aliphatic rings. The van der Waals surface area contributed by atoms with Crippen LogP contribution in [0.5, 0.6) is 5.75 Å². The summed E-state index contributed by atoms with van der Waals surface area (Å²) >= 11 is 0. The molecule has 2 aromatic heterocycles. The van der Waals surface area contributed by atoms with Crippen molar-refractivity contribution in [1.29, 1.82) is 0 Å². The number of nitrogens with one attached hydrogen (secondary N) is 2. The van der Waals surface area contributed by atoms with Gasteiger partial charge in [0, 0.05) is 41.3 Å². The Balaban J connectivity index is 1.34. The molecule has 0 radical (unpaired) electrons. The van der Waals surface area contributed by atoms with E-state index in [1.807, 2.05) is 24.3 Å². The van der Waals surface area contributed by atoms with E-state index in [2.05, 4.69) is 55.8 Å². The van der Waals surface area contributed by atoms with E-state index < -0.39 is 0 Å². The minimum Gasteiger partial charge on any atom is -0.487 e. The Kier molecular flexibility index (Phi) is 6.14. The largest absolute Gasteiger partial charge is 0.487 e. The van der Waals surface area contributed by atoms with Gasteiger partial charge in [-0.05, 0) is 61.7 Å². The fourth-order valence-electron chi connectivity index (χ4n) is 4.12. The Morgan fingerprint density at radius 1 is 1.09 bits per heavy atom. The highest BCUT2D eigenvalue weighted by molar-refractivity contribution is 5.83. The maximum Gasteiger partial charge on any atom is 0.227 e. The van der Waals surface area contributed by atoms with E-state index in [0.29, 0.717) is 29.8 Å². The maximum atomic E-state index is 5.98. The molecule has 2 aromatic carbocycles. The number of anilines is 2. The van der Waals surface area contributed by atoms with Gasteiger partial charge in [0.1, 0.15) is 12.4 Å². The van der Waals surface area contributed by atoms with E-state index in [4.69, 9.17) is 11.2 Å². The van der Waals surface area contributed by atoms with Crippen molar-refractivity contribution < 1.29 is 4.74 Å². The van der Waals surface area contributed by atoms with Gasteiger partial charge in [-0.2, -0.15) is 0 Å². The zero-order valence-electron chi connectivity index (χ0n) is 18.3. The summed E-state index contributed by atoms with van der Waals surface area (Å²) in [5, 5.41) is 7.59. The normalized spacial score (nSPS) is 14.0. The summed E-state index contributed by atoms with van der Waals surface area (Å²) in [5.41, 5.74) is 4.75. The number of nitrogens with zero attached hydrogens (tertiary/aromatic N) is 3. The van der Waals surface area contributed by atoms with Crippen LogP contribution in [0.3, 0.4) is 0 Å². The summed E-state index contributed by atoms with van der Waals surface area (Å²) in [6.45, 7) is 2.56. The van der Waals surface area contributed by atoms with Gasteiger partial charge in [-0.3, -0.25) is 4.98 Å². The molecule has 164 valence electrons. The van der Waals surface area contributed by atoms with Crippen LogP contribution in [0, 0.1) is 12.3 Å². The molecule has 0 aliphatic carbocycles. The Labute approximate surface area is 193 Å². The minimum atomic E-state index is 0.383. The van der Waals surface area contributed by atoms with Crippen LogP contribution in [-0.2, 0) is 6.61 Å². The first-order chi connectivity index (χ1) is 16.3. The third-order valence-corrected chi connectivity index (χ3v) is 5.93. The first-order valence-electron chi connectivity index (χ1n) is 11.2. The standard InChI is InChI=1S/C27H25N5O/c1-2-20-14-23-17-30-27(31-24-7-5-21(6-8-24)22-9-12-28-13-10-22)32-25(23)15-26(20)33-18-19-4-3-11-29-16-19/h1,3-8,11,14-17,22,28H,9-10,12-13,18H2,(H,30,31,32). The Morgan fingerprint density at radius 3 is 2.70 bits per heavy atom. The summed E-state index contributed by atoms with van der Waals surface area (Å²) in [5.74, 6) is 4.47. The van der Waals surface area contributed by atoms with Crippen molar-refractivity contribution in [1.82, 2.24) is 20.3 Å². The molecular weight excluding hydrogens is 410 g/mol. The van der Waals surface area contributed by atoms with E-state index in [-0.39, 0.29) is 0 Å². The second-order valence-corrected chi connectivity index (χ2v) is 8.17. The molecule has 0 spiro atoms. The lowest BCUT2D eigenvalue weighted by atomic mass is 9.90. The Morgan fingerprint density at radius 2 is 1.94 bits per heavy atom.